The van der Waals surface area contributed by atoms with Gasteiger partial charge in [-0.25, -0.2) is 4.79 Å². The number of hydrogen-bond acceptors (Lipinski definition) is 1. The van der Waals surface area contributed by atoms with Gasteiger partial charge in [0.15, 0.2) is 0 Å². The third kappa shape index (κ3) is 3.61. The van der Waals surface area contributed by atoms with E-state index in [9.17, 15) is 4.79 Å². The zero-order valence-electron chi connectivity index (χ0n) is 11.5. The first-order chi connectivity index (χ1) is 9.58. The molecule has 2 rings (SSSR count). The molecule has 104 valence electrons. The summed E-state index contributed by atoms with van der Waals surface area (Å²) in [6, 6.07) is 15.3. The van der Waals surface area contributed by atoms with Gasteiger partial charge in [-0.2, -0.15) is 0 Å². The van der Waals surface area contributed by atoms with E-state index in [-0.39, 0.29) is 12.1 Å². The lowest BCUT2D eigenvalue weighted by atomic mass is 10.1. The predicted octanol–water partition coefficient (Wildman–Crippen LogP) is 4.64. The topological polar surface area (TPSA) is 41.1 Å². The minimum atomic E-state index is -0.206. The molecule has 1 unspecified atom stereocenters. The van der Waals surface area contributed by atoms with Gasteiger partial charge in [-0.15, -0.1) is 0 Å². The summed E-state index contributed by atoms with van der Waals surface area (Å²) in [6.45, 7) is 3.92. The van der Waals surface area contributed by atoms with Gasteiger partial charge in [0.05, 0.1) is 6.04 Å². The highest BCUT2D eigenvalue weighted by atomic mass is 79.9. The van der Waals surface area contributed by atoms with E-state index < -0.39 is 0 Å². The molecule has 2 aromatic carbocycles. The van der Waals surface area contributed by atoms with Crippen LogP contribution in [0.4, 0.5) is 10.5 Å². The van der Waals surface area contributed by atoms with Gasteiger partial charge < -0.3 is 10.6 Å². The number of amides is 2. The Bertz CT molecular complexity index is 613. The molecule has 0 radical (unpaired) electrons. The Hall–Kier alpha value is -1.81. The summed E-state index contributed by atoms with van der Waals surface area (Å²) >= 11 is 3.49. The zero-order chi connectivity index (χ0) is 14.5. The van der Waals surface area contributed by atoms with Crippen molar-refractivity contribution in [3.05, 3.63) is 64.1 Å². The van der Waals surface area contributed by atoms with E-state index in [4.69, 9.17) is 0 Å². The number of urea groups is 1. The Kier molecular flexibility index (Phi) is 4.79. The second-order valence-electron chi connectivity index (χ2n) is 4.66. The number of carbonyl (C=O) groups excluding carboxylic acids is 1. The average Bonchev–Trinajstić information content (AvgIpc) is 2.41. The number of para-hydroxylation sites is 1. The minimum absolute atomic E-state index is 0.0745. The number of benzene rings is 2. The van der Waals surface area contributed by atoms with Gasteiger partial charge in [-0.1, -0.05) is 52.3 Å². The normalized spacial score (nSPS) is 11.8. The summed E-state index contributed by atoms with van der Waals surface area (Å²) in [7, 11) is 0. The van der Waals surface area contributed by atoms with Crippen molar-refractivity contribution in [3.63, 3.8) is 0 Å². The number of carbonyl (C=O) groups is 1. The molecule has 2 amide bonds. The fraction of sp³-hybridized carbons (Fsp3) is 0.188. The molecule has 0 saturated heterocycles. The highest BCUT2D eigenvalue weighted by Crippen LogP contribution is 2.22. The Morgan fingerprint density at radius 2 is 1.75 bits per heavy atom. The van der Waals surface area contributed by atoms with Crippen LogP contribution in [0.2, 0.25) is 0 Å². The zero-order valence-corrected chi connectivity index (χ0v) is 13.1. The van der Waals surface area contributed by atoms with Gasteiger partial charge in [0.25, 0.3) is 0 Å². The molecule has 0 fully saturated rings. The molecule has 2 aromatic rings. The van der Waals surface area contributed by atoms with E-state index in [1.165, 1.54) is 0 Å². The van der Waals surface area contributed by atoms with Crippen molar-refractivity contribution in [1.82, 2.24) is 5.32 Å². The van der Waals surface area contributed by atoms with Gasteiger partial charge in [0.2, 0.25) is 0 Å². The van der Waals surface area contributed by atoms with Crippen molar-refractivity contribution in [3.8, 4) is 0 Å². The van der Waals surface area contributed by atoms with Crippen LogP contribution in [0.5, 0.6) is 0 Å². The van der Waals surface area contributed by atoms with E-state index in [1.807, 2.05) is 62.4 Å². The van der Waals surface area contributed by atoms with E-state index >= 15 is 0 Å². The molecule has 0 bridgehead atoms. The molecule has 20 heavy (non-hydrogen) atoms. The van der Waals surface area contributed by atoms with Gasteiger partial charge in [0, 0.05) is 10.2 Å². The molecule has 1 atom stereocenters. The first-order valence-corrected chi connectivity index (χ1v) is 7.25. The third-order valence-electron chi connectivity index (χ3n) is 3.11. The van der Waals surface area contributed by atoms with Crippen LogP contribution in [0.1, 0.15) is 24.1 Å². The smallest absolute Gasteiger partial charge is 0.319 e. The minimum Gasteiger partial charge on any atom is -0.331 e. The molecule has 4 heteroatoms. The monoisotopic (exact) mass is 332 g/mol. The molecule has 0 heterocycles. The maximum atomic E-state index is 12.0. The molecule has 0 saturated carbocycles. The average molecular weight is 333 g/mol. The summed E-state index contributed by atoms with van der Waals surface area (Å²) in [4.78, 5) is 12.0. The van der Waals surface area contributed by atoms with Crippen LogP contribution in [0.3, 0.4) is 0 Å². The molecular weight excluding hydrogens is 316 g/mol. The van der Waals surface area contributed by atoms with Gasteiger partial charge in [0.1, 0.15) is 0 Å². The molecular formula is C16H17BrN2O. The van der Waals surface area contributed by atoms with E-state index in [0.29, 0.717) is 0 Å². The number of anilines is 1. The fourth-order valence-corrected chi connectivity index (χ4v) is 2.60. The highest BCUT2D eigenvalue weighted by molar-refractivity contribution is 9.10. The number of hydrogen-bond donors (Lipinski definition) is 2. The fourth-order valence-electron chi connectivity index (χ4n) is 1.97. The maximum Gasteiger partial charge on any atom is 0.319 e. The summed E-state index contributed by atoms with van der Waals surface area (Å²) in [5.41, 5.74) is 2.91. The Morgan fingerprint density at radius 3 is 2.45 bits per heavy atom. The van der Waals surface area contributed by atoms with Crippen LogP contribution < -0.4 is 10.6 Å². The third-order valence-corrected chi connectivity index (χ3v) is 3.83. The summed E-state index contributed by atoms with van der Waals surface area (Å²) in [5.74, 6) is 0. The maximum absolute atomic E-state index is 12.0. The molecule has 2 N–H and O–H groups in total. The predicted molar refractivity (Wildman–Crippen MR) is 85.9 cm³/mol. The SMILES string of the molecule is Cc1ccccc1NC(=O)NC(C)c1ccccc1Br. The molecule has 0 aromatic heterocycles. The van der Waals surface area contributed by atoms with Crippen molar-refractivity contribution >= 4 is 27.6 Å². The van der Waals surface area contributed by atoms with Crippen molar-refractivity contribution in [2.45, 2.75) is 19.9 Å². The Balaban J connectivity index is 2.02. The van der Waals surface area contributed by atoms with Gasteiger partial charge in [-0.3, -0.25) is 0 Å². The number of rotatable bonds is 3. The lowest BCUT2D eigenvalue weighted by Crippen LogP contribution is -2.31. The molecule has 3 nitrogen and oxygen atoms in total. The second kappa shape index (κ2) is 6.57. The van der Waals surface area contributed by atoms with Crippen LogP contribution in [0, 0.1) is 6.92 Å². The quantitative estimate of drug-likeness (QED) is 0.844. The highest BCUT2D eigenvalue weighted by Gasteiger charge is 2.12. The first-order valence-electron chi connectivity index (χ1n) is 6.45. The molecule has 0 aliphatic carbocycles. The van der Waals surface area contributed by atoms with Crippen LogP contribution in [0.15, 0.2) is 53.0 Å². The lowest BCUT2D eigenvalue weighted by molar-refractivity contribution is 0.249. The number of aryl methyl sites for hydroxylation is 1. The van der Waals surface area contributed by atoms with Gasteiger partial charge >= 0.3 is 6.03 Å². The van der Waals surface area contributed by atoms with E-state index in [0.717, 1.165) is 21.3 Å². The lowest BCUT2D eigenvalue weighted by Gasteiger charge is -2.17. The summed E-state index contributed by atoms with van der Waals surface area (Å²) < 4.78 is 0.990. The van der Waals surface area contributed by atoms with Gasteiger partial charge in [-0.05, 0) is 37.1 Å². The van der Waals surface area contributed by atoms with Crippen molar-refractivity contribution in [1.29, 1.82) is 0 Å². The van der Waals surface area contributed by atoms with Crippen LogP contribution in [-0.2, 0) is 0 Å². The van der Waals surface area contributed by atoms with Crippen LogP contribution >= 0.6 is 15.9 Å². The molecule has 0 aliphatic heterocycles. The Morgan fingerprint density at radius 1 is 1.10 bits per heavy atom. The summed E-state index contributed by atoms with van der Waals surface area (Å²) in [5, 5.41) is 5.80. The number of halogens is 1. The van der Waals surface area contributed by atoms with Crippen molar-refractivity contribution < 1.29 is 4.79 Å². The largest absolute Gasteiger partial charge is 0.331 e. The first kappa shape index (κ1) is 14.6. The van der Waals surface area contributed by atoms with E-state index in [2.05, 4.69) is 26.6 Å². The standard InChI is InChI=1S/C16H17BrN2O/c1-11-7-3-6-10-15(11)19-16(20)18-12(2)13-8-4-5-9-14(13)17/h3-10,12H,1-2H3,(H2,18,19,20). The Labute approximate surface area is 127 Å². The van der Waals surface area contributed by atoms with E-state index in [1.54, 1.807) is 0 Å². The van der Waals surface area contributed by atoms with Crippen LogP contribution in [0.25, 0.3) is 0 Å². The molecule has 0 aliphatic rings. The summed E-state index contributed by atoms with van der Waals surface area (Å²) in [6.07, 6.45) is 0. The van der Waals surface area contributed by atoms with Crippen LogP contribution in [-0.4, -0.2) is 6.03 Å². The molecule has 0 spiro atoms. The number of nitrogens with one attached hydrogen (secondary N) is 2. The van der Waals surface area contributed by atoms with Crippen molar-refractivity contribution in [2.24, 2.45) is 0 Å². The second-order valence-corrected chi connectivity index (χ2v) is 5.51. The van der Waals surface area contributed by atoms with Crippen molar-refractivity contribution in [2.75, 3.05) is 5.32 Å².